The van der Waals surface area contributed by atoms with E-state index in [9.17, 15) is 54.4 Å². The van der Waals surface area contributed by atoms with Crippen LogP contribution in [0.2, 0.25) is 0 Å². The maximum Gasteiger partial charge on any atom is 0.184 e. The minimum atomic E-state index is -1.29. The Kier molecular flexibility index (Phi) is 33.7. The number of carbonyl (C=O) groups is 5. The number of carbonyl (C=O) groups excluding carboxylic acids is 5. The van der Waals surface area contributed by atoms with Crippen LogP contribution in [0, 0.1) is 44.3 Å². The van der Waals surface area contributed by atoms with Gasteiger partial charge < -0.3 is 25.5 Å². The number of Topliss-reactive ketones (excluding diaryl/α,β-unsaturated/α-hetero) is 5. The van der Waals surface area contributed by atoms with E-state index in [0.717, 1.165) is 56.6 Å². The van der Waals surface area contributed by atoms with Gasteiger partial charge in [0.05, 0.1) is 27.5 Å². The Balaban J connectivity index is 0.000000690. The molecule has 3 aliphatic rings. The molecule has 0 aliphatic heterocycles. The SMILES string of the molecule is CC(C)=CCC1=C(N=O)C(CC=C(C)C)(CC=C(C)C)C(O)=C(C(=O)C(C)C)C1=N.CC(C)=CCC1=C(O)C(CC=C(C)C)(CC=C(C)C)C(=O)C(C(=O)CCC(C)C)=C1O.CC/C(C)=C\C[C@]1(CC=C(C)C)C(=O)C(C(=O)C(C)CC)=C(O)C(CC=C(C)C)=C1O. The third-order valence-corrected chi connectivity index (χ3v) is 17.0. The zero-order valence-corrected chi connectivity index (χ0v) is 60.8. The van der Waals surface area contributed by atoms with Crippen LogP contribution < -0.4 is 0 Å². The minimum absolute atomic E-state index is 0.0128. The van der Waals surface area contributed by atoms with E-state index in [-0.39, 0.29) is 142 Å². The van der Waals surface area contributed by atoms with Gasteiger partial charge in [0, 0.05) is 35.0 Å². The van der Waals surface area contributed by atoms with Crippen molar-refractivity contribution in [2.75, 3.05) is 0 Å². The van der Waals surface area contributed by atoms with E-state index in [1.165, 1.54) is 0 Å². The molecule has 0 heterocycles. The molecule has 0 aromatic carbocycles. The lowest BCUT2D eigenvalue weighted by Crippen LogP contribution is -2.41. The Bertz CT molecular complexity index is 3220. The quantitative estimate of drug-likeness (QED) is 0.0234. The number of rotatable bonds is 29. The van der Waals surface area contributed by atoms with Crippen molar-refractivity contribution in [2.45, 2.75) is 250 Å². The minimum Gasteiger partial charge on any atom is -0.511 e. The van der Waals surface area contributed by atoms with E-state index < -0.39 is 27.8 Å². The Labute approximate surface area is 553 Å². The van der Waals surface area contributed by atoms with E-state index in [4.69, 9.17) is 5.41 Å². The first-order chi connectivity index (χ1) is 42.6. The second-order valence-electron chi connectivity index (χ2n) is 28.1. The topological polar surface area (TPSA) is 240 Å². The lowest BCUT2D eigenvalue weighted by atomic mass is 9.66. The highest BCUT2D eigenvalue weighted by atomic mass is 16.3. The molecule has 0 amide bonds. The Morgan fingerprint density at radius 3 is 1.12 bits per heavy atom. The van der Waals surface area contributed by atoms with Gasteiger partial charge in [-0.2, -0.15) is 0 Å². The van der Waals surface area contributed by atoms with E-state index in [1.807, 2.05) is 200 Å². The van der Waals surface area contributed by atoms with E-state index in [2.05, 4.69) is 5.18 Å². The third-order valence-electron chi connectivity index (χ3n) is 17.0. The monoisotopic (exact) mass is 1270 g/mol. The van der Waals surface area contributed by atoms with Crippen LogP contribution in [0.15, 0.2) is 178 Å². The molecule has 1 unspecified atom stereocenters. The fraction of sp³-hybridized carbons (Fsp3) is 0.544. The molecular weight excluding hydrogens is 1150 g/mol. The van der Waals surface area contributed by atoms with Crippen LogP contribution in [0.25, 0.3) is 0 Å². The summed E-state index contributed by atoms with van der Waals surface area (Å²) in [7, 11) is 0. The summed E-state index contributed by atoms with van der Waals surface area (Å²) in [5, 5.41) is 68.1. The molecule has 0 bridgehead atoms. The third kappa shape index (κ3) is 21.9. The van der Waals surface area contributed by atoms with Gasteiger partial charge in [-0.05, 0) is 206 Å². The molecule has 6 N–H and O–H groups in total. The van der Waals surface area contributed by atoms with Crippen LogP contribution in [0.3, 0.4) is 0 Å². The van der Waals surface area contributed by atoms with Gasteiger partial charge in [0.2, 0.25) is 0 Å². The summed E-state index contributed by atoms with van der Waals surface area (Å²) in [6, 6.07) is 0. The number of ketones is 5. The van der Waals surface area contributed by atoms with Gasteiger partial charge in [-0.1, -0.05) is 153 Å². The van der Waals surface area contributed by atoms with Crippen LogP contribution in [0.4, 0.5) is 0 Å². The van der Waals surface area contributed by atoms with Crippen LogP contribution in [0.5, 0.6) is 0 Å². The first-order valence-corrected chi connectivity index (χ1v) is 32.9. The van der Waals surface area contributed by atoms with Gasteiger partial charge >= 0.3 is 0 Å². The Morgan fingerprint density at radius 2 is 0.793 bits per heavy atom. The molecule has 13 nitrogen and oxygen atoms in total. The number of allylic oxidation sites excluding steroid dienone is 26. The first kappa shape index (κ1) is 82.7. The van der Waals surface area contributed by atoms with Crippen molar-refractivity contribution < 1.29 is 49.5 Å². The molecule has 0 saturated carbocycles. The maximum absolute atomic E-state index is 13.8. The average Bonchev–Trinajstić information content (AvgIpc) is 0.765. The zero-order valence-electron chi connectivity index (χ0n) is 60.8. The highest BCUT2D eigenvalue weighted by Gasteiger charge is 2.52. The van der Waals surface area contributed by atoms with Gasteiger partial charge in [-0.15, -0.1) is 4.91 Å². The Morgan fingerprint density at radius 1 is 0.457 bits per heavy atom. The van der Waals surface area contributed by atoms with Crippen molar-refractivity contribution in [1.29, 1.82) is 5.41 Å². The standard InChI is InChI=1S/2C27H40O4.C25H36N2O3/c1-17(2)9-11-21-24(29)23(22(28)12-10-18(3)4)26(31)27(25(21)30,15-13-19(5)6)16-14-20(7)8;1-9-19(7)14-16-27(15-13-18(5)6)25(30)21(12-11-17(3)4)24(29)22(26(27)31)23(28)20(8)10-2;1-15(2)9-10-19-21(26)20(22(28)18(7)8)24(29)25(23(19)27-30,13-11-16(3)4)14-12-17(5)6/h9,13-14,18,29-30H,10-12,15-16H2,1-8H3;11,13-14,20,29-30H,9-10,12,15-16H2,1-8H3;9,11-12,18,26,29H,10,13-14H2,1-8H3/b;19-14-;/t;20?,27-;/m.0./s1. The normalized spacial score (nSPS) is 17.5. The van der Waals surface area contributed by atoms with Crippen molar-refractivity contribution in [2.24, 2.45) is 39.2 Å². The summed E-state index contributed by atoms with van der Waals surface area (Å²) in [4.78, 5) is 79.0. The van der Waals surface area contributed by atoms with Gasteiger partial charge in [0.25, 0.3) is 0 Å². The molecular formula is C79H116N2O11. The lowest BCUT2D eigenvalue weighted by Gasteiger charge is -2.38. The zero-order chi connectivity index (χ0) is 71.1. The predicted octanol–water partition coefficient (Wildman–Crippen LogP) is 21.6. The first-order valence-electron chi connectivity index (χ1n) is 32.9. The van der Waals surface area contributed by atoms with Crippen molar-refractivity contribution >= 4 is 34.6 Å². The van der Waals surface area contributed by atoms with Gasteiger partial charge in [-0.25, -0.2) is 0 Å². The van der Waals surface area contributed by atoms with Gasteiger partial charge in [0.15, 0.2) is 28.9 Å². The summed E-state index contributed by atoms with van der Waals surface area (Å²) in [5.41, 5.74) is 6.32. The summed E-state index contributed by atoms with van der Waals surface area (Å²) in [6.45, 7) is 46.2. The summed E-state index contributed by atoms with van der Waals surface area (Å²) in [5.74, 6) is -3.61. The van der Waals surface area contributed by atoms with Crippen molar-refractivity contribution in [3.63, 3.8) is 0 Å². The number of hydrogen-bond donors (Lipinski definition) is 6. The second-order valence-corrected chi connectivity index (χ2v) is 28.1. The highest BCUT2D eigenvalue weighted by molar-refractivity contribution is 6.29. The molecule has 0 aromatic heterocycles. The van der Waals surface area contributed by atoms with Crippen LogP contribution in [-0.4, -0.2) is 60.2 Å². The van der Waals surface area contributed by atoms with Crippen LogP contribution in [-0.2, 0) is 24.0 Å². The average molecular weight is 1270 g/mol. The number of aliphatic hydroxyl groups excluding tert-OH is 5. The van der Waals surface area contributed by atoms with E-state index in [0.29, 0.717) is 43.6 Å². The van der Waals surface area contributed by atoms with Crippen molar-refractivity contribution in [3.05, 3.63) is 178 Å². The smallest absolute Gasteiger partial charge is 0.184 e. The van der Waals surface area contributed by atoms with Crippen molar-refractivity contribution in [1.82, 2.24) is 0 Å². The highest BCUT2D eigenvalue weighted by Crippen LogP contribution is 2.52. The second kappa shape index (κ2) is 37.4. The number of nitroso groups, excluding NO2 is 1. The number of aliphatic hydroxyl groups is 5. The molecule has 508 valence electrons. The van der Waals surface area contributed by atoms with Gasteiger partial charge in [-0.3, -0.25) is 29.4 Å². The molecule has 3 aliphatic carbocycles. The molecule has 0 saturated heterocycles. The number of nitrogens with one attached hydrogen (secondary N) is 1. The molecule has 0 aromatic rings. The molecule has 2 atom stereocenters. The number of nitrogens with zero attached hydrogens (tertiary/aromatic N) is 1. The molecule has 0 radical (unpaired) electrons. The molecule has 13 heteroatoms. The summed E-state index contributed by atoms with van der Waals surface area (Å²) >= 11 is 0. The van der Waals surface area contributed by atoms with Crippen molar-refractivity contribution in [3.8, 4) is 0 Å². The fourth-order valence-corrected chi connectivity index (χ4v) is 10.5. The van der Waals surface area contributed by atoms with Gasteiger partial charge in [0.1, 0.15) is 45.6 Å². The van der Waals surface area contributed by atoms with E-state index >= 15 is 0 Å². The summed E-state index contributed by atoms with van der Waals surface area (Å²) in [6.07, 6.45) is 22.2. The Hall–Kier alpha value is -7.28. The van der Waals surface area contributed by atoms with Crippen LogP contribution >= 0.6 is 0 Å². The number of hydrogen-bond acceptors (Lipinski definition) is 13. The summed E-state index contributed by atoms with van der Waals surface area (Å²) < 4.78 is 0. The fourth-order valence-electron chi connectivity index (χ4n) is 10.5. The molecule has 0 fully saturated rings. The molecule has 3 rings (SSSR count). The maximum atomic E-state index is 13.8. The molecule has 92 heavy (non-hydrogen) atoms. The van der Waals surface area contributed by atoms with E-state index in [1.54, 1.807) is 20.8 Å². The predicted molar refractivity (Wildman–Crippen MR) is 381 cm³/mol. The van der Waals surface area contributed by atoms with Crippen LogP contribution in [0.1, 0.15) is 250 Å². The largest absolute Gasteiger partial charge is 0.511 e. The lowest BCUT2D eigenvalue weighted by molar-refractivity contribution is -0.130. The molecule has 0 spiro atoms.